The predicted molar refractivity (Wildman–Crippen MR) is 73.9 cm³/mol. The SMILES string of the molecule is COc1cc(Cl)ccc1C(=O)N1C(C)COCC1C. The Bertz CT molecular complexity index is 468. The summed E-state index contributed by atoms with van der Waals surface area (Å²) in [5, 5.41) is 0.552. The highest BCUT2D eigenvalue weighted by Crippen LogP contribution is 2.26. The first-order chi connectivity index (χ1) is 9.04. The molecule has 0 radical (unpaired) electrons. The smallest absolute Gasteiger partial charge is 0.258 e. The van der Waals surface area contributed by atoms with Crippen LogP contribution in [0.1, 0.15) is 24.2 Å². The molecule has 4 nitrogen and oxygen atoms in total. The van der Waals surface area contributed by atoms with E-state index in [2.05, 4.69) is 0 Å². The molecule has 1 aliphatic rings. The van der Waals surface area contributed by atoms with E-state index in [4.69, 9.17) is 21.1 Å². The van der Waals surface area contributed by atoms with Crippen LogP contribution in [0.4, 0.5) is 0 Å². The summed E-state index contributed by atoms with van der Waals surface area (Å²) in [5.74, 6) is 0.459. The number of amides is 1. The predicted octanol–water partition coefficient (Wildman–Crippen LogP) is 2.60. The van der Waals surface area contributed by atoms with Gasteiger partial charge in [-0.25, -0.2) is 0 Å². The summed E-state index contributed by atoms with van der Waals surface area (Å²) in [6.45, 7) is 5.09. The topological polar surface area (TPSA) is 38.8 Å². The lowest BCUT2D eigenvalue weighted by molar-refractivity contribution is -0.0250. The largest absolute Gasteiger partial charge is 0.496 e. The fraction of sp³-hybridized carbons (Fsp3) is 0.500. The highest BCUT2D eigenvalue weighted by atomic mass is 35.5. The van der Waals surface area contributed by atoms with Crippen LogP contribution >= 0.6 is 11.6 Å². The van der Waals surface area contributed by atoms with E-state index < -0.39 is 0 Å². The molecule has 0 saturated carbocycles. The van der Waals surface area contributed by atoms with Crippen LogP contribution in [0.2, 0.25) is 5.02 Å². The Labute approximate surface area is 118 Å². The molecule has 19 heavy (non-hydrogen) atoms. The number of morpholine rings is 1. The second-order valence-corrected chi connectivity index (χ2v) is 5.23. The van der Waals surface area contributed by atoms with Crippen LogP contribution in [-0.4, -0.2) is 43.2 Å². The zero-order valence-electron chi connectivity index (χ0n) is 11.4. The van der Waals surface area contributed by atoms with E-state index in [0.29, 0.717) is 29.5 Å². The summed E-state index contributed by atoms with van der Waals surface area (Å²) in [4.78, 5) is 14.5. The third-order valence-electron chi connectivity index (χ3n) is 3.30. The van der Waals surface area contributed by atoms with Crippen LogP contribution in [0.5, 0.6) is 5.75 Å². The normalized spacial score (nSPS) is 23.3. The van der Waals surface area contributed by atoms with Gasteiger partial charge in [0.25, 0.3) is 5.91 Å². The molecule has 104 valence electrons. The van der Waals surface area contributed by atoms with Gasteiger partial charge in [-0.15, -0.1) is 0 Å². The van der Waals surface area contributed by atoms with Crippen molar-refractivity contribution in [3.8, 4) is 5.75 Å². The van der Waals surface area contributed by atoms with Gasteiger partial charge in [0, 0.05) is 5.02 Å². The summed E-state index contributed by atoms with van der Waals surface area (Å²) >= 11 is 5.92. The quantitative estimate of drug-likeness (QED) is 0.837. The molecule has 0 bridgehead atoms. The minimum Gasteiger partial charge on any atom is -0.496 e. The van der Waals surface area contributed by atoms with E-state index >= 15 is 0 Å². The van der Waals surface area contributed by atoms with Crippen LogP contribution < -0.4 is 4.74 Å². The van der Waals surface area contributed by atoms with Crippen molar-refractivity contribution in [2.24, 2.45) is 0 Å². The molecule has 0 N–H and O–H groups in total. The summed E-state index contributed by atoms with van der Waals surface area (Å²) in [5.41, 5.74) is 0.535. The molecule has 1 amide bonds. The van der Waals surface area contributed by atoms with Crippen LogP contribution in [0.15, 0.2) is 18.2 Å². The van der Waals surface area contributed by atoms with E-state index in [9.17, 15) is 4.79 Å². The lowest BCUT2D eigenvalue weighted by Gasteiger charge is -2.39. The number of nitrogens with zero attached hydrogens (tertiary/aromatic N) is 1. The molecule has 1 aromatic carbocycles. The van der Waals surface area contributed by atoms with Gasteiger partial charge in [0.2, 0.25) is 0 Å². The summed E-state index contributed by atoms with van der Waals surface area (Å²) < 4.78 is 10.7. The van der Waals surface area contributed by atoms with Crippen molar-refractivity contribution < 1.29 is 14.3 Å². The zero-order valence-corrected chi connectivity index (χ0v) is 12.1. The van der Waals surface area contributed by atoms with Gasteiger partial charge in [0.1, 0.15) is 5.75 Å². The van der Waals surface area contributed by atoms with Gasteiger partial charge >= 0.3 is 0 Å². The van der Waals surface area contributed by atoms with Crippen LogP contribution in [0.3, 0.4) is 0 Å². The third kappa shape index (κ3) is 2.85. The first-order valence-electron chi connectivity index (χ1n) is 6.28. The molecule has 2 unspecified atom stereocenters. The molecule has 1 heterocycles. The first-order valence-corrected chi connectivity index (χ1v) is 6.66. The second kappa shape index (κ2) is 5.80. The number of methoxy groups -OCH3 is 1. The number of rotatable bonds is 2. The van der Waals surface area contributed by atoms with Crippen molar-refractivity contribution in [2.75, 3.05) is 20.3 Å². The molecular weight excluding hydrogens is 266 g/mol. The molecule has 1 aliphatic heterocycles. The number of hydrogen-bond acceptors (Lipinski definition) is 3. The number of hydrogen-bond donors (Lipinski definition) is 0. The summed E-state index contributed by atoms with van der Waals surface area (Å²) in [6, 6.07) is 5.17. The van der Waals surface area contributed by atoms with Gasteiger partial charge in [0.15, 0.2) is 0 Å². The first kappa shape index (κ1) is 14.2. The lowest BCUT2D eigenvalue weighted by atomic mass is 10.1. The van der Waals surface area contributed by atoms with E-state index in [1.807, 2.05) is 18.7 Å². The van der Waals surface area contributed by atoms with Crippen molar-refractivity contribution in [3.05, 3.63) is 28.8 Å². The molecule has 0 spiro atoms. The number of carbonyl (C=O) groups excluding carboxylic acids is 1. The maximum Gasteiger partial charge on any atom is 0.258 e. The Morgan fingerprint density at radius 1 is 1.37 bits per heavy atom. The van der Waals surface area contributed by atoms with Gasteiger partial charge in [-0.2, -0.15) is 0 Å². The molecule has 2 atom stereocenters. The summed E-state index contributed by atoms with van der Waals surface area (Å²) in [7, 11) is 1.54. The molecule has 0 aliphatic carbocycles. The van der Waals surface area contributed by atoms with E-state index in [-0.39, 0.29) is 18.0 Å². The molecule has 5 heteroatoms. The van der Waals surface area contributed by atoms with Gasteiger partial charge in [0.05, 0.1) is 38.0 Å². The maximum absolute atomic E-state index is 12.7. The van der Waals surface area contributed by atoms with E-state index in [1.54, 1.807) is 18.2 Å². The minimum atomic E-state index is -0.0446. The molecule has 1 fully saturated rings. The van der Waals surface area contributed by atoms with Gasteiger partial charge in [-0.05, 0) is 32.0 Å². The Hall–Kier alpha value is -1.26. The monoisotopic (exact) mass is 283 g/mol. The van der Waals surface area contributed by atoms with Crippen molar-refractivity contribution in [3.63, 3.8) is 0 Å². The zero-order chi connectivity index (χ0) is 14.0. The Kier molecular flexibility index (Phi) is 4.32. The van der Waals surface area contributed by atoms with Crippen molar-refractivity contribution in [1.29, 1.82) is 0 Å². The number of ether oxygens (including phenoxy) is 2. The number of halogens is 1. The average Bonchev–Trinajstić information content (AvgIpc) is 2.38. The molecule has 1 saturated heterocycles. The number of carbonyl (C=O) groups is 1. The minimum absolute atomic E-state index is 0.0446. The molecular formula is C14H18ClNO3. The maximum atomic E-state index is 12.7. The van der Waals surface area contributed by atoms with E-state index in [0.717, 1.165) is 0 Å². The highest BCUT2D eigenvalue weighted by Gasteiger charge is 2.31. The van der Waals surface area contributed by atoms with Gasteiger partial charge in [-0.1, -0.05) is 11.6 Å². The average molecular weight is 284 g/mol. The number of benzene rings is 1. The van der Waals surface area contributed by atoms with Gasteiger partial charge in [-0.3, -0.25) is 4.79 Å². The van der Waals surface area contributed by atoms with Crippen LogP contribution in [0, 0.1) is 0 Å². The molecule has 2 rings (SSSR count). The van der Waals surface area contributed by atoms with Crippen molar-refractivity contribution in [1.82, 2.24) is 4.90 Å². The lowest BCUT2D eigenvalue weighted by Crippen LogP contribution is -2.52. The van der Waals surface area contributed by atoms with Crippen LogP contribution in [0.25, 0.3) is 0 Å². The highest BCUT2D eigenvalue weighted by molar-refractivity contribution is 6.30. The van der Waals surface area contributed by atoms with Crippen LogP contribution in [-0.2, 0) is 4.74 Å². The summed E-state index contributed by atoms with van der Waals surface area (Å²) in [6.07, 6.45) is 0. The second-order valence-electron chi connectivity index (χ2n) is 4.79. The standard InChI is InChI=1S/C14H18ClNO3/c1-9-7-19-8-10(2)16(9)14(17)12-5-4-11(15)6-13(12)18-3/h4-6,9-10H,7-8H2,1-3H3. The van der Waals surface area contributed by atoms with Gasteiger partial charge < -0.3 is 14.4 Å². The van der Waals surface area contributed by atoms with Crippen molar-refractivity contribution >= 4 is 17.5 Å². The molecule has 0 aromatic heterocycles. The fourth-order valence-corrected chi connectivity index (χ4v) is 2.55. The van der Waals surface area contributed by atoms with Crippen molar-refractivity contribution in [2.45, 2.75) is 25.9 Å². The fourth-order valence-electron chi connectivity index (χ4n) is 2.39. The Balaban J connectivity index is 2.32. The Morgan fingerprint density at radius 2 is 2.00 bits per heavy atom. The molecule has 1 aromatic rings. The Morgan fingerprint density at radius 3 is 2.58 bits per heavy atom. The van der Waals surface area contributed by atoms with E-state index in [1.165, 1.54) is 7.11 Å². The third-order valence-corrected chi connectivity index (χ3v) is 3.53.